The quantitative estimate of drug-likeness (QED) is 0.637. The maximum atomic E-state index is 12.2. The van der Waals surface area contributed by atoms with Crippen molar-refractivity contribution >= 4 is 54.5 Å². The third kappa shape index (κ3) is 1.78. The number of rotatable bonds is 0. The van der Waals surface area contributed by atoms with Crippen LogP contribution in [0, 0.1) is 0 Å². The molecule has 0 saturated heterocycles. The van der Waals surface area contributed by atoms with Crippen molar-refractivity contribution in [2.45, 2.75) is 3.23 Å². The summed E-state index contributed by atoms with van der Waals surface area (Å²) < 4.78 is -0.755. The summed E-state index contributed by atoms with van der Waals surface area (Å²) in [7, 11) is 0. The fourth-order valence-electron chi connectivity index (χ4n) is 2.04. The van der Waals surface area contributed by atoms with Crippen LogP contribution in [0.15, 0.2) is 42.5 Å². The van der Waals surface area contributed by atoms with E-state index in [0.29, 0.717) is 0 Å². The highest BCUT2D eigenvalue weighted by Gasteiger charge is 2.34. The molecule has 0 unspecified atom stereocenters. The number of hydrogen-bond acceptors (Lipinski definition) is 1. The van der Waals surface area contributed by atoms with Gasteiger partial charge in [-0.2, -0.15) is 0 Å². The van der Waals surface area contributed by atoms with Gasteiger partial charge in [0.25, 0.3) is 0 Å². The number of allylic oxidation sites excluding steroid dienone is 1. The van der Waals surface area contributed by atoms with E-state index in [2.05, 4.69) is 37.9 Å². The molecule has 0 aromatic heterocycles. The predicted octanol–water partition coefficient (Wildman–Crippen LogP) is 4.54. The number of alkyl halides is 2. The standard InChI is InChI=1S/C14H8Br2O/c15-14(16)6-5-11-7-9-3-1-2-4-10(9)8-12(11)13(14)17/h1-8H. The van der Waals surface area contributed by atoms with Gasteiger partial charge in [-0.05, 0) is 34.5 Å². The SMILES string of the molecule is O=C1c2cc3ccccc3cc2C=CC1(Br)Br. The van der Waals surface area contributed by atoms with Crippen LogP contribution < -0.4 is 0 Å². The van der Waals surface area contributed by atoms with E-state index in [1.807, 2.05) is 42.5 Å². The average molecular weight is 352 g/mol. The van der Waals surface area contributed by atoms with Gasteiger partial charge in [0.15, 0.2) is 9.02 Å². The number of ketones is 1. The highest BCUT2D eigenvalue weighted by molar-refractivity contribution is 9.26. The van der Waals surface area contributed by atoms with Crippen LogP contribution in [0.5, 0.6) is 0 Å². The smallest absolute Gasteiger partial charge is 0.194 e. The van der Waals surface area contributed by atoms with E-state index >= 15 is 0 Å². The Labute approximate surface area is 116 Å². The monoisotopic (exact) mass is 350 g/mol. The van der Waals surface area contributed by atoms with E-state index in [1.165, 1.54) is 0 Å². The van der Waals surface area contributed by atoms with E-state index < -0.39 is 3.23 Å². The molecule has 0 atom stereocenters. The average Bonchev–Trinajstić information content (AvgIpc) is 2.33. The van der Waals surface area contributed by atoms with E-state index in [-0.39, 0.29) is 5.78 Å². The Hall–Kier alpha value is -0.930. The van der Waals surface area contributed by atoms with Crippen molar-refractivity contribution in [3.05, 3.63) is 53.6 Å². The Kier molecular flexibility index (Phi) is 2.49. The van der Waals surface area contributed by atoms with E-state index in [9.17, 15) is 4.79 Å². The lowest BCUT2D eigenvalue weighted by Gasteiger charge is -2.21. The Bertz CT molecular complexity index is 656. The molecule has 1 aliphatic rings. The summed E-state index contributed by atoms with van der Waals surface area (Å²) in [6.45, 7) is 0. The number of carbonyl (C=O) groups excluding carboxylic acids is 1. The maximum absolute atomic E-state index is 12.2. The highest BCUT2D eigenvalue weighted by Crippen LogP contribution is 2.38. The first kappa shape index (κ1) is 11.2. The number of Topliss-reactive ketones (excluding diaryl/α,β-unsaturated/α-hetero) is 1. The zero-order chi connectivity index (χ0) is 12.0. The summed E-state index contributed by atoms with van der Waals surface area (Å²) in [6, 6.07) is 12.1. The van der Waals surface area contributed by atoms with Crippen molar-refractivity contribution in [1.82, 2.24) is 0 Å². The van der Waals surface area contributed by atoms with Crippen LogP contribution in [0.1, 0.15) is 15.9 Å². The van der Waals surface area contributed by atoms with Gasteiger partial charge in [0.1, 0.15) is 0 Å². The number of halogens is 2. The van der Waals surface area contributed by atoms with Gasteiger partial charge in [0.2, 0.25) is 0 Å². The molecule has 3 heteroatoms. The molecular formula is C14H8Br2O. The van der Waals surface area contributed by atoms with E-state index in [0.717, 1.165) is 21.9 Å². The second-order valence-corrected chi connectivity index (χ2v) is 7.64. The molecule has 0 heterocycles. The molecule has 2 aromatic carbocycles. The maximum Gasteiger partial charge on any atom is 0.194 e. The summed E-state index contributed by atoms with van der Waals surface area (Å²) in [6.07, 6.45) is 3.79. The van der Waals surface area contributed by atoms with Crippen molar-refractivity contribution in [2.75, 3.05) is 0 Å². The van der Waals surface area contributed by atoms with Crippen LogP contribution in [-0.2, 0) is 0 Å². The Morgan fingerprint density at radius 1 is 1.00 bits per heavy atom. The van der Waals surface area contributed by atoms with Gasteiger partial charge in [-0.3, -0.25) is 4.79 Å². The fraction of sp³-hybridized carbons (Fsp3) is 0.0714. The molecule has 0 N–H and O–H groups in total. The largest absolute Gasteiger partial charge is 0.291 e. The molecule has 0 bridgehead atoms. The van der Waals surface area contributed by atoms with Gasteiger partial charge in [-0.25, -0.2) is 0 Å². The van der Waals surface area contributed by atoms with Crippen LogP contribution >= 0.6 is 31.9 Å². The van der Waals surface area contributed by atoms with Crippen LogP contribution in [0.2, 0.25) is 0 Å². The molecule has 3 rings (SSSR count). The normalized spacial score (nSPS) is 17.2. The summed E-state index contributed by atoms with van der Waals surface area (Å²) in [5, 5.41) is 2.24. The van der Waals surface area contributed by atoms with Crippen molar-refractivity contribution in [3.8, 4) is 0 Å². The van der Waals surface area contributed by atoms with Crippen LogP contribution in [0.3, 0.4) is 0 Å². The minimum Gasteiger partial charge on any atom is -0.291 e. The minimum atomic E-state index is -0.755. The molecular weight excluding hydrogens is 344 g/mol. The molecule has 0 spiro atoms. The second kappa shape index (κ2) is 3.79. The third-order valence-electron chi connectivity index (χ3n) is 2.94. The summed E-state index contributed by atoms with van der Waals surface area (Å²) >= 11 is 6.74. The van der Waals surface area contributed by atoms with Gasteiger partial charge in [-0.15, -0.1) is 0 Å². The number of benzene rings is 2. The molecule has 0 amide bonds. The number of fused-ring (bicyclic) bond motifs is 2. The van der Waals surface area contributed by atoms with E-state index in [1.54, 1.807) is 0 Å². The first-order valence-electron chi connectivity index (χ1n) is 5.22. The van der Waals surface area contributed by atoms with Crippen LogP contribution in [-0.4, -0.2) is 9.02 Å². The highest BCUT2D eigenvalue weighted by atomic mass is 79.9. The fourth-order valence-corrected chi connectivity index (χ4v) is 2.73. The zero-order valence-electron chi connectivity index (χ0n) is 8.78. The number of carbonyl (C=O) groups is 1. The molecule has 1 aliphatic carbocycles. The minimum absolute atomic E-state index is 0.0424. The van der Waals surface area contributed by atoms with Crippen LogP contribution in [0.4, 0.5) is 0 Å². The summed E-state index contributed by atoms with van der Waals surface area (Å²) in [4.78, 5) is 12.2. The Balaban J connectivity index is 2.32. The zero-order valence-corrected chi connectivity index (χ0v) is 12.0. The van der Waals surface area contributed by atoms with Gasteiger partial charge in [0, 0.05) is 5.56 Å². The van der Waals surface area contributed by atoms with Crippen molar-refractivity contribution in [2.24, 2.45) is 0 Å². The van der Waals surface area contributed by atoms with Crippen molar-refractivity contribution < 1.29 is 4.79 Å². The Morgan fingerprint density at radius 3 is 2.35 bits per heavy atom. The summed E-state index contributed by atoms with van der Waals surface area (Å²) in [5.74, 6) is 0.0424. The first-order chi connectivity index (χ1) is 8.08. The molecule has 17 heavy (non-hydrogen) atoms. The third-order valence-corrected chi connectivity index (χ3v) is 4.19. The lowest BCUT2D eigenvalue weighted by atomic mass is 9.93. The lowest BCUT2D eigenvalue weighted by molar-refractivity contribution is 0.0994. The predicted molar refractivity (Wildman–Crippen MR) is 77.9 cm³/mol. The molecule has 0 aliphatic heterocycles. The van der Waals surface area contributed by atoms with Crippen molar-refractivity contribution in [3.63, 3.8) is 0 Å². The van der Waals surface area contributed by atoms with E-state index in [4.69, 9.17) is 0 Å². The summed E-state index contributed by atoms with van der Waals surface area (Å²) in [5.41, 5.74) is 1.73. The number of hydrogen-bond donors (Lipinski definition) is 0. The topological polar surface area (TPSA) is 17.1 Å². The molecule has 84 valence electrons. The Morgan fingerprint density at radius 2 is 1.65 bits per heavy atom. The molecule has 1 nitrogen and oxygen atoms in total. The van der Waals surface area contributed by atoms with Gasteiger partial charge >= 0.3 is 0 Å². The molecule has 0 saturated carbocycles. The van der Waals surface area contributed by atoms with Gasteiger partial charge < -0.3 is 0 Å². The molecule has 0 radical (unpaired) electrons. The molecule has 2 aromatic rings. The second-order valence-electron chi connectivity index (χ2n) is 4.07. The van der Waals surface area contributed by atoms with Crippen LogP contribution in [0.25, 0.3) is 16.8 Å². The van der Waals surface area contributed by atoms with Gasteiger partial charge in [0.05, 0.1) is 0 Å². The van der Waals surface area contributed by atoms with Gasteiger partial charge in [-0.1, -0.05) is 62.2 Å². The molecule has 0 fully saturated rings. The lowest BCUT2D eigenvalue weighted by Crippen LogP contribution is -2.25. The van der Waals surface area contributed by atoms with Crippen molar-refractivity contribution in [1.29, 1.82) is 0 Å². The first-order valence-corrected chi connectivity index (χ1v) is 6.81.